The van der Waals surface area contributed by atoms with Crippen molar-refractivity contribution in [1.29, 1.82) is 0 Å². The fourth-order valence-corrected chi connectivity index (χ4v) is 1.75. The number of aryl methyl sites for hydroxylation is 1. The maximum Gasteiger partial charge on any atom is 0.123 e. The zero-order chi connectivity index (χ0) is 12.8. The Balaban J connectivity index is 2.42. The molecule has 0 radical (unpaired) electrons. The maximum atomic E-state index is 12.9. The third kappa shape index (κ3) is 5.29. The number of nitrogens with one attached hydrogen (secondary N) is 1. The van der Waals surface area contributed by atoms with Gasteiger partial charge >= 0.3 is 0 Å². The van der Waals surface area contributed by atoms with Gasteiger partial charge < -0.3 is 10.4 Å². The molecule has 0 aliphatic heterocycles. The molecule has 0 aromatic heterocycles. The minimum absolute atomic E-state index is 0.223. The summed E-state index contributed by atoms with van der Waals surface area (Å²) in [5.74, 6) is 0.355. The van der Waals surface area contributed by atoms with Crippen LogP contribution < -0.4 is 5.32 Å². The third-order valence-electron chi connectivity index (χ3n) is 2.69. The van der Waals surface area contributed by atoms with Crippen LogP contribution in [-0.2, 0) is 6.42 Å². The Bertz CT molecular complexity index is 352. The molecule has 0 saturated heterocycles. The first-order valence-electron chi connectivity index (χ1n) is 6.13. The molecule has 0 heterocycles. The number of benzene rings is 1. The highest BCUT2D eigenvalue weighted by Gasteiger charge is 2.08. The second-order valence-corrected chi connectivity index (χ2v) is 4.98. The van der Waals surface area contributed by atoms with Gasteiger partial charge in [0.1, 0.15) is 5.82 Å². The highest BCUT2D eigenvalue weighted by molar-refractivity contribution is 5.27. The van der Waals surface area contributed by atoms with E-state index in [-0.39, 0.29) is 5.82 Å². The lowest BCUT2D eigenvalue weighted by Gasteiger charge is -2.14. The lowest BCUT2D eigenvalue weighted by molar-refractivity contribution is 0.170. The molecule has 0 bridgehead atoms. The minimum Gasteiger partial charge on any atom is -0.391 e. The number of halogens is 1. The first kappa shape index (κ1) is 14.1. The molecule has 0 aliphatic rings. The monoisotopic (exact) mass is 239 g/mol. The van der Waals surface area contributed by atoms with Crippen molar-refractivity contribution in [3.05, 3.63) is 35.1 Å². The summed E-state index contributed by atoms with van der Waals surface area (Å²) in [6, 6.07) is 4.69. The molecule has 17 heavy (non-hydrogen) atoms. The number of hydrogen-bond donors (Lipinski definition) is 2. The molecule has 2 N–H and O–H groups in total. The van der Waals surface area contributed by atoms with Gasteiger partial charge in [-0.1, -0.05) is 19.9 Å². The minimum atomic E-state index is -0.419. The third-order valence-corrected chi connectivity index (χ3v) is 2.69. The van der Waals surface area contributed by atoms with Crippen LogP contribution in [0.3, 0.4) is 0 Å². The lowest BCUT2D eigenvalue weighted by Crippen LogP contribution is -2.31. The Morgan fingerprint density at radius 1 is 1.29 bits per heavy atom. The molecule has 96 valence electrons. The van der Waals surface area contributed by atoms with Crippen LogP contribution in [0.15, 0.2) is 18.2 Å². The first-order chi connectivity index (χ1) is 7.99. The van der Waals surface area contributed by atoms with Gasteiger partial charge in [0.25, 0.3) is 0 Å². The molecule has 1 unspecified atom stereocenters. The van der Waals surface area contributed by atoms with E-state index in [9.17, 15) is 9.50 Å². The van der Waals surface area contributed by atoms with E-state index in [1.807, 2.05) is 6.92 Å². The number of aliphatic hydroxyl groups excluding tert-OH is 1. The zero-order valence-corrected chi connectivity index (χ0v) is 10.8. The summed E-state index contributed by atoms with van der Waals surface area (Å²) < 4.78 is 12.9. The Kier molecular flexibility index (Phi) is 5.59. The number of aliphatic hydroxyl groups is 1. The van der Waals surface area contributed by atoms with Crippen LogP contribution in [0, 0.1) is 18.7 Å². The van der Waals surface area contributed by atoms with E-state index in [0.29, 0.717) is 18.9 Å². The highest BCUT2D eigenvalue weighted by atomic mass is 19.1. The summed E-state index contributed by atoms with van der Waals surface area (Å²) in [5, 5.41) is 13.1. The van der Waals surface area contributed by atoms with Crippen LogP contribution in [0.2, 0.25) is 0 Å². The maximum absolute atomic E-state index is 12.9. The van der Waals surface area contributed by atoms with E-state index >= 15 is 0 Å². The molecule has 1 aromatic rings. The van der Waals surface area contributed by atoms with E-state index in [2.05, 4.69) is 19.2 Å². The molecule has 0 fully saturated rings. The van der Waals surface area contributed by atoms with Crippen molar-refractivity contribution in [2.45, 2.75) is 33.3 Å². The summed E-state index contributed by atoms with van der Waals surface area (Å²) in [4.78, 5) is 0. The largest absolute Gasteiger partial charge is 0.391 e. The van der Waals surface area contributed by atoms with Crippen molar-refractivity contribution in [3.8, 4) is 0 Å². The van der Waals surface area contributed by atoms with Crippen molar-refractivity contribution in [2.24, 2.45) is 5.92 Å². The van der Waals surface area contributed by atoms with Crippen molar-refractivity contribution in [1.82, 2.24) is 5.32 Å². The van der Waals surface area contributed by atoms with Gasteiger partial charge in [0.2, 0.25) is 0 Å². The molecule has 0 aliphatic carbocycles. The van der Waals surface area contributed by atoms with Gasteiger partial charge in [0.15, 0.2) is 0 Å². The summed E-state index contributed by atoms with van der Waals surface area (Å²) in [6.07, 6.45) is 0.148. The SMILES string of the molecule is Cc1cc(F)ccc1CC(O)CNCC(C)C. The van der Waals surface area contributed by atoms with Crippen molar-refractivity contribution >= 4 is 0 Å². The van der Waals surface area contributed by atoms with Gasteiger partial charge in [-0.3, -0.25) is 0 Å². The van der Waals surface area contributed by atoms with E-state index in [1.54, 1.807) is 6.07 Å². The van der Waals surface area contributed by atoms with Crippen molar-refractivity contribution in [2.75, 3.05) is 13.1 Å². The normalized spacial score (nSPS) is 13.1. The lowest BCUT2D eigenvalue weighted by atomic mass is 10.0. The van der Waals surface area contributed by atoms with Crippen LogP contribution in [0.5, 0.6) is 0 Å². The van der Waals surface area contributed by atoms with Gasteiger partial charge in [-0.15, -0.1) is 0 Å². The second kappa shape index (κ2) is 6.72. The van der Waals surface area contributed by atoms with Gasteiger partial charge in [0, 0.05) is 6.54 Å². The fraction of sp³-hybridized carbons (Fsp3) is 0.571. The van der Waals surface area contributed by atoms with Crippen LogP contribution in [0.4, 0.5) is 4.39 Å². The average Bonchev–Trinajstić information content (AvgIpc) is 2.21. The summed E-state index contributed by atoms with van der Waals surface area (Å²) in [7, 11) is 0. The molecular weight excluding hydrogens is 217 g/mol. The molecular formula is C14H22FNO. The Labute approximate surface area is 103 Å². The predicted molar refractivity (Wildman–Crippen MR) is 68.6 cm³/mol. The number of hydrogen-bond acceptors (Lipinski definition) is 2. The van der Waals surface area contributed by atoms with Crippen LogP contribution in [0.1, 0.15) is 25.0 Å². The Morgan fingerprint density at radius 2 is 2.00 bits per heavy atom. The average molecular weight is 239 g/mol. The molecule has 1 aromatic carbocycles. The Hall–Kier alpha value is -0.930. The Morgan fingerprint density at radius 3 is 2.59 bits per heavy atom. The zero-order valence-electron chi connectivity index (χ0n) is 10.8. The summed E-state index contributed by atoms with van der Waals surface area (Å²) in [5.41, 5.74) is 1.90. The summed E-state index contributed by atoms with van der Waals surface area (Å²) >= 11 is 0. The van der Waals surface area contributed by atoms with Gasteiger partial charge in [-0.2, -0.15) is 0 Å². The standard InChI is InChI=1S/C14H22FNO/c1-10(2)8-16-9-14(17)7-12-4-5-13(15)6-11(12)3/h4-6,10,14,16-17H,7-9H2,1-3H3. The highest BCUT2D eigenvalue weighted by Crippen LogP contribution is 2.12. The number of rotatable bonds is 6. The van der Waals surface area contributed by atoms with Gasteiger partial charge in [-0.05, 0) is 49.1 Å². The smallest absolute Gasteiger partial charge is 0.123 e. The molecule has 3 heteroatoms. The van der Waals surface area contributed by atoms with Gasteiger partial charge in [0.05, 0.1) is 6.10 Å². The quantitative estimate of drug-likeness (QED) is 0.798. The molecule has 1 atom stereocenters. The van der Waals surface area contributed by atoms with Crippen LogP contribution in [-0.4, -0.2) is 24.3 Å². The predicted octanol–water partition coefficient (Wildman–Crippen LogP) is 2.28. The van der Waals surface area contributed by atoms with Crippen LogP contribution in [0.25, 0.3) is 0 Å². The van der Waals surface area contributed by atoms with Gasteiger partial charge in [-0.25, -0.2) is 4.39 Å². The second-order valence-electron chi connectivity index (χ2n) is 4.98. The van der Waals surface area contributed by atoms with E-state index in [1.165, 1.54) is 12.1 Å². The molecule has 0 spiro atoms. The van der Waals surface area contributed by atoms with E-state index in [4.69, 9.17) is 0 Å². The first-order valence-corrected chi connectivity index (χ1v) is 6.13. The topological polar surface area (TPSA) is 32.3 Å². The summed E-state index contributed by atoms with van der Waals surface area (Å²) in [6.45, 7) is 7.61. The fourth-order valence-electron chi connectivity index (χ4n) is 1.75. The van der Waals surface area contributed by atoms with Crippen molar-refractivity contribution < 1.29 is 9.50 Å². The molecule has 1 rings (SSSR count). The molecule has 2 nitrogen and oxygen atoms in total. The molecule has 0 amide bonds. The van der Waals surface area contributed by atoms with Crippen molar-refractivity contribution in [3.63, 3.8) is 0 Å². The van der Waals surface area contributed by atoms with Crippen LogP contribution >= 0.6 is 0 Å². The van der Waals surface area contributed by atoms with E-state index < -0.39 is 6.10 Å². The van der Waals surface area contributed by atoms with E-state index in [0.717, 1.165) is 17.7 Å². The molecule has 0 saturated carbocycles.